The third kappa shape index (κ3) is 68.3. The molecule has 0 spiro atoms. The Morgan fingerprint density at radius 1 is 0.317 bits per heavy atom. The Balaban J connectivity index is 5.16. The summed E-state index contributed by atoms with van der Waals surface area (Å²) in [7, 11) is 0. The Labute approximate surface area is 624 Å². The first kappa shape index (κ1) is 97.7. The number of esters is 4. The molecule has 12 heteroatoms. The highest BCUT2D eigenvalue weighted by Crippen LogP contribution is 2.31. The van der Waals surface area contributed by atoms with Crippen LogP contribution in [0.5, 0.6) is 0 Å². The van der Waals surface area contributed by atoms with Gasteiger partial charge in [-0.15, -0.1) is 0 Å². The van der Waals surface area contributed by atoms with E-state index in [2.05, 4.69) is 93.9 Å². The van der Waals surface area contributed by atoms with Crippen molar-refractivity contribution in [1.82, 2.24) is 9.80 Å². The van der Waals surface area contributed by atoms with Crippen molar-refractivity contribution in [2.75, 3.05) is 78.9 Å². The van der Waals surface area contributed by atoms with Gasteiger partial charge in [0.05, 0.1) is 18.8 Å². The number of nitrogens with zero attached hydrogens (tertiary/aromatic N) is 2. The number of ether oxygens (including phenoxy) is 4. The molecule has 0 heterocycles. The number of allylic oxidation sites excluding steroid dienone is 8. The highest BCUT2D eigenvalue weighted by Gasteiger charge is 2.22. The van der Waals surface area contributed by atoms with Crippen LogP contribution in [-0.4, -0.2) is 123 Å². The molecule has 0 saturated heterocycles. The molecule has 3 atom stereocenters. The number of carbonyl (C=O) groups is 4. The summed E-state index contributed by atoms with van der Waals surface area (Å²) in [5.74, 6) is -0.00936. The number of unbranched alkanes of at least 4 members (excludes halogenated alkanes) is 34. The van der Waals surface area contributed by atoms with Gasteiger partial charge in [0, 0.05) is 32.7 Å². The minimum atomic E-state index is -0.249. The van der Waals surface area contributed by atoms with Crippen molar-refractivity contribution in [3.8, 4) is 0 Å². The van der Waals surface area contributed by atoms with Crippen LogP contribution in [0.1, 0.15) is 401 Å². The summed E-state index contributed by atoms with van der Waals surface area (Å²) in [5.41, 5.74) is 1.62. The summed E-state index contributed by atoms with van der Waals surface area (Å²) in [6.07, 6.45) is 79.0. The van der Waals surface area contributed by atoms with Crippen LogP contribution in [-0.2, 0) is 38.1 Å². The van der Waals surface area contributed by atoms with Gasteiger partial charge >= 0.3 is 23.9 Å². The average molecular weight is 1420 g/mol. The van der Waals surface area contributed by atoms with Crippen molar-refractivity contribution >= 4 is 23.9 Å². The average Bonchev–Trinajstić information content (AvgIpc) is 2.16. The van der Waals surface area contributed by atoms with Crippen LogP contribution in [0.3, 0.4) is 0 Å². The summed E-state index contributed by atoms with van der Waals surface area (Å²) in [6, 6.07) is 0. The van der Waals surface area contributed by atoms with E-state index >= 15 is 0 Å². The molecule has 0 aliphatic rings. The normalized spacial score (nSPS) is 13.0. The zero-order valence-electron chi connectivity index (χ0n) is 67.4. The number of aliphatic hydroxyl groups excluding tert-OH is 2. The predicted octanol–water partition coefficient (Wildman–Crippen LogP) is 24.2. The van der Waals surface area contributed by atoms with Gasteiger partial charge in [-0.3, -0.25) is 19.2 Å². The lowest BCUT2D eigenvalue weighted by molar-refractivity contribution is -0.155. The Morgan fingerprint density at radius 2 is 0.663 bits per heavy atom. The number of aliphatic hydroxyl groups is 2. The first-order chi connectivity index (χ1) is 49.6. The van der Waals surface area contributed by atoms with E-state index in [0.717, 1.165) is 155 Å². The maximum Gasteiger partial charge on any atom is 0.309 e. The topological polar surface area (TPSA) is 152 Å². The summed E-state index contributed by atoms with van der Waals surface area (Å²) in [4.78, 5) is 57.0. The molecule has 2 N–H and O–H groups in total. The molecule has 0 amide bonds. The predicted molar refractivity (Wildman–Crippen MR) is 429 cm³/mol. The number of hydrogen-bond donors (Lipinski definition) is 2. The molecule has 592 valence electrons. The molecule has 0 aromatic carbocycles. The van der Waals surface area contributed by atoms with Crippen LogP contribution in [0.15, 0.2) is 48.1 Å². The van der Waals surface area contributed by atoms with Crippen molar-refractivity contribution < 1.29 is 48.3 Å². The van der Waals surface area contributed by atoms with Crippen LogP contribution in [0, 0.1) is 17.8 Å². The van der Waals surface area contributed by atoms with Gasteiger partial charge in [-0.25, -0.2) is 0 Å². The second kappa shape index (κ2) is 79.2. The number of hydrogen-bond acceptors (Lipinski definition) is 12. The summed E-state index contributed by atoms with van der Waals surface area (Å²) >= 11 is 0. The Hall–Kier alpha value is -3.32. The van der Waals surface area contributed by atoms with Gasteiger partial charge in [0.15, 0.2) is 0 Å². The lowest BCUT2D eigenvalue weighted by Gasteiger charge is -2.22. The zero-order chi connectivity index (χ0) is 73.6. The molecule has 0 aromatic heterocycles. The van der Waals surface area contributed by atoms with E-state index in [-0.39, 0.29) is 69.4 Å². The fourth-order valence-electron chi connectivity index (χ4n) is 13.8. The minimum Gasteiger partial charge on any atom is -0.462 e. The van der Waals surface area contributed by atoms with Crippen LogP contribution in [0.2, 0.25) is 0 Å². The lowest BCUT2D eigenvalue weighted by Crippen LogP contribution is -2.29. The molecule has 0 saturated carbocycles. The second-order valence-corrected chi connectivity index (χ2v) is 29.8. The van der Waals surface area contributed by atoms with Crippen LogP contribution >= 0.6 is 0 Å². The number of rotatable bonds is 80. The molecule has 12 nitrogen and oxygen atoms in total. The van der Waals surface area contributed by atoms with Crippen molar-refractivity contribution in [2.24, 2.45) is 17.8 Å². The number of carbonyl (C=O) groups excluding carboxylic acids is 4. The molecule has 101 heavy (non-hydrogen) atoms. The first-order valence-electron chi connectivity index (χ1n) is 43.6. The standard InChI is InChI=1S/C89H166N2O10/c1-7-13-19-24-27-28-29-30-31-32-33-34-37-40-45-52-69-90(71-54-56-75-92)73-67-86(94)98-77-78-100-88(96)81-82(59-47-42-25-20-14-8-2)60-58-66-83(61-18-12-6)84(62-48-22-16-10-4)63-50-44-39-36-35-38-41-46-53-70-91(72-55-57-76-93)74-68-87(95)99-79-80-101-89(97)85(64-49-23-17-11-5)65-51-43-26-21-15-9-3/h27-28,30-31,44,50,62,82-83,85,92-93H,7-26,29,32-43,45-49,51-61,63-81H2,1-6H3/b28-27-,31-30-,50-44-,84-62+. The smallest absolute Gasteiger partial charge is 0.309 e. The lowest BCUT2D eigenvalue weighted by atomic mass is 9.84. The quantitative estimate of drug-likeness (QED) is 0.0258. The Morgan fingerprint density at radius 3 is 1.15 bits per heavy atom. The van der Waals surface area contributed by atoms with Gasteiger partial charge < -0.3 is 39.0 Å². The fraction of sp³-hybridized carbons (Fsp3) is 0.865. The van der Waals surface area contributed by atoms with Crippen molar-refractivity contribution in [2.45, 2.75) is 401 Å². The maximum absolute atomic E-state index is 13.5. The van der Waals surface area contributed by atoms with Crippen LogP contribution in [0.25, 0.3) is 0 Å². The minimum absolute atomic E-state index is 0.0628. The van der Waals surface area contributed by atoms with Crippen LogP contribution < -0.4 is 0 Å². The van der Waals surface area contributed by atoms with E-state index in [4.69, 9.17) is 18.9 Å². The second-order valence-electron chi connectivity index (χ2n) is 29.8. The molecular formula is C89H166N2O10. The summed E-state index contributed by atoms with van der Waals surface area (Å²) in [6.45, 7) is 19.2. The third-order valence-corrected chi connectivity index (χ3v) is 20.4. The Kier molecular flexibility index (Phi) is 76.6. The molecular weight excluding hydrogens is 1260 g/mol. The molecule has 0 bridgehead atoms. The van der Waals surface area contributed by atoms with E-state index < -0.39 is 0 Å². The molecule has 0 radical (unpaired) electrons. The van der Waals surface area contributed by atoms with Crippen molar-refractivity contribution in [3.05, 3.63) is 48.1 Å². The van der Waals surface area contributed by atoms with Gasteiger partial charge in [0.1, 0.15) is 26.4 Å². The maximum atomic E-state index is 13.5. The molecule has 3 unspecified atom stereocenters. The molecule has 0 fully saturated rings. The first-order valence-corrected chi connectivity index (χ1v) is 43.6. The van der Waals surface area contributed by atoms with E-state index in [1.165, 1.54) is 212 Å². The van der Waals surface area contributed by atoms with E-state index in [1.54, 1.807) is 5.57 Å². The van der Waals surface area contributed by atoms with Gasteiger partial charge in [-0.1, -0.05) is 289 Å². The zero-order valence-corrected chi connectivity index (χ0v) is 67.4. The summed E-state index contributed by atoms with van der Waals surface area (Å²) in [5, 5.41) is 18.9. The van der Waals surface area contributed by atoms with Crippen molar-refractivity contribution in [1.29, 1.82) is 0 Å². The highest BCUT2D eigenvalue weighted by atomic mass is 16.6. The van der Waals surface area contributed by atoms with E-state index in [0.29, 0.717) is 44.2 Å². The largest absolute Gasteiger partial charge is 0.462 e. The fourth-order valence-corrected chi connectivity index (χ4v) is 13.8. The van der Waals surface area contributed by atoms with Gasteiger partial charge in [-0.2, -0.15) is 0 Å². The van der Waals surface area contributed by atoms with Gasteiger partial charge in [0.2, 0.25) is 0 Å². The third-order valence-electron chi connectivity index (χ3n) is 20.4. The van der Waals surface area contributed by atoms with Crippen LogP contribution in [0.4, 0.5) is 0 Å². The molecule has 0 aliphatic carbocycles. The van der Waals surface area contributed by atoms with E-state index in [1.807, 2.05) is 0 Å². The monoisotopic (exact) mass is 1420 g/mol. The van der Waals surface area contributed by atoms with E-state index in [9.17, 15) is 29.4 Å². The molecule has 0 aliphatic heterocycles. The highest BCUT2D eigenvalue weighted by molar-refractivity contribution is 5.72. The van der Waals surface area contributed by atoms with Gasteiger partial charge in [-0.05, 0) is 179 Å². The Bertz CT molecular complexity index is 1920. The molecule has 0 rings (SSSR count). The molecule has 0 aromatic rings. The van der Waals surface area contributed by atoms with Gasteiger partial charge in [0.25, 0.3) is 0 Å². The SMILES string of the molecule is CCCCC/C=C\C/C=C\CCCCCCCCN(CCCCO)CCC(=O)OCCOC(=O)CC(CCCCCCCC)CCCC(CCCC)/C(=C/CCCCC)C/C=C\CCCCCCCCN(CCCCO)CCC(=O)OCCOC(=O)C(CCCCCC)CCCCCCCC. The van der Waals surface area contributed by atoms with Crippen molar-refractivity contribution in [3.63, 3.8) is 0 Å². The summed E-state index contributed by atoms with van der Waals surface area (Å²) < 4.78 is 22.6.